The van der Waals surface area contributed by atoms with Crippen LogP contribution in [0.4, 0.5) is 0 Å². The summed E-state index contributed by atoms with van der Waals surface area (Å²) in [6, 6.07) is 5.36. The van der Waals surface area contributed by atoms with Crippen molar-refractivity contribution in [3.05, 3.63) is 29.8 Å². The molecule has 0 aliphatic rings. The summed E-state index contributed by atoms with van der Waals surface area (Å²) in [5.41, 5.74) is 0.179. The summed E-state index contributed by atoms with van der Waals surface area (Å²) in [5.74, 6) is -0.912. The largest absolute Gasteiger partial charge is 0.508 e. The van der Waals surface area contributed by atoms with Crippen molar-refractivity contribution in [3.8, 4) is 5.75 Å². The number of carboxylic acid groups (broad SMARTS) is 1. The van der Waals surface area contributed by atoms with Gasteiger partial charge >= 0.3 is 5.97 Å². The Hall–Kier alpha value is -1.15. The molecule has 6 nitrogen and oxygen atoms in total. The van der Waals surface area contributed by atoms with Crippen molar-refractivity contribution in [2.45, 2.75) is 0 Å². The van der Waals surface area contributed by atoms with Gasteiger partial charge in [0, 0.05) is 0 Å². The predicted octanol–water partition coefficient (Wildman–Crippen LogP) is 1.20. The zero-order valence-corrected chi connectivity index (χ0v) is 14.6. The van der Waals surface area contributed by atoms with Crippen molar-refractivity contribution in [2.24, 2.45) is 0 Å². The minimum Gasteiger partial charge on any atom is -0.508 e. The number of aromatic hydroxyl groups is 1. The molecule has 0 atom stereocenters. The summed E-state index contributed by atoms with van der Waals surface area (Å²) < 4.78 is 0. The van der Waals surface area contributed by atoms with Crippen LogP contribution >= 0.6 is 17.0 Å². The lowest BCUT2D eigenvalue weighted by molar-refractivity contribution is 0.0697. The van der Waals surface area contributed by atoms with Gasteiger partial charge in [-0.05, 0) is 66.6 Å². The number of hydrogen-bond acceptors (Lipinski definition) is 4. The van der Waals surface area contributed by atoms with E-state index in [9.17, 15) is 4.79 Å². The van der Waals surface area contributed by atoms with Crippen LogP contribution in [0.25, 0.3) is 0 Å². The van der Waals surface area contributed by atoms with Crippen LogP contribution in [-0.2, 0) is 0 Å². The van der Waals surface area contributed by atoms with E-state index >= 15 is 0 Å². The highest BCUT2D eigenvalue weighted by molar-refractivity contribution is 8.93. The van der Waals surface area contributed by atoms with E-state index in [4.69, 9.17) is 10.2 Å². The normalized spacial score (nSPS) is 8.20. The number of rotatable bonds is 1. The van der Waals surface area contributed by atoms with Gasteiger partial charge in [0.05, 0.1) is 5.56 Å². The standard InChI is InChI=1S/C7H6O3.2C3H9N.BrH.H2O/c8-6-3-1-5(2-4-6)7(9)10;2*1-4(2)3;;/h1-4,8H,(H,9,10);2*1-3H3;1H;1H2. The third-order valence-corrected chi connectivity index (χ3v) is 1.11. The van der Waals surface area contributed by atoms with E-state index in [0.29, 0.717) is 0 Å². The molecule has 7 heteroatoms. The first-order chi connectivity index (χ1) is 8.16. The van der Waals surface area contributed by atoms with Gasteiger partial charge in [-0.2, -0.15) is 0 Å². The molecule has 0 amide bonds. The van der Waals surface area contributed by atoms with Crippen LogP contribution in [0.1, 0.15) is 10.4 Å². The Kier molecular flexibility index (Phi) is 21.7. The van der Waals surface area contributed by atoms with Gasteiger partial charge in [-0.3, -0.25) is 0 Å². The summed E-state index contributed by atoms with van der Waals surface area (Å²) in [5, 5.41) is 17.1. The molecule has 0 saturated heterocycles. The first kappa shape index (κ1) is 27.2. The Bertz CT molecular complexity index is 318. The van der Waals surface area contributed by atoms with Crippen molar-refractivity contribution in [2.75, 3.05) is 42.3 Å². The Morgan fingerprint density at radius 3 is 1.35 bits per heavy atom. The summed E-state index contributed by atoms with van der Waals surface area (Å²) in [4.78, 5) is 14.2. The zero-order valence-electron chi connectivity index (χ0n) is 12.9. The molecule has 1 rings (SSSR count). The van der Waals surface area contributed by atoms with Gasteiger partial charge in [0.15, 0.2) is 0 Å². The van der Waals surface area contributed by atoms with E-state index in [1.807, 2.05) is 52.1 Å². The van der Waals surface area contributed by atoms with Crippen LogP contribution in [-0.4, -0.2) is 73.7 Å². The lowest BCUT2D eigenvalue weighted by Gasteiger charge is -1.92. The highest BCUT2D eigenvalue weighted by atomic mass is 79.9. The molecule has 120 valence electrons. The van der Waals surface area contributed by atoms with E-state index in [-0.39, 0.29) is 33.8 Å². The zero-order chi connectivity index (χ0) is 14.7. The Morgan fingerprint density at radius 2 is 1.15 bits per heavy atom. The van der Waals surface area contributed by atoms with Crippen LogP contribution in [0.5, 0.6) is 5.75 Å². The molecule has 0 bridgehead atoms. The minimum absolute atomic E-state index is 0. The highest BCUT2D eigenvalue weighted by Gasteiger charge is 1.99. The summed E-state index contributed by atoms with van der Waals surface area (Å²) in [6.07, 6.45) is 0. The molecule has 0 aromatic heterocycles. The quantitative estimate of drug-likeness (QED) is 0.789. The van der Waals surface area contributed by atoms with Gasteiger partial charge in [-0.15, -0.1) is 17.0 Å². The number of nitrogens with zero attached hydrogens (tertiary/aromatic N) is 2. The average molecular weight is 355 g/mol. The SMILES string of the molecule is Br.CN(C)C.CN(C)C.O.O=C(O)c1ccc(O)cc1. The smallest absolute Gasteiger partial charge is 0.335 e. The van der Waals surface area contributed by atoms with E-state index in [0.717, 1.165) is 0 Å². The second-order valence-corrected chi connectivity index (χ2v) is 4.54. The van der Waals surface area contributed by atoms with Crippen molar-refractivity contribution < 1.29 is 20.5 Å². The van der Waals surface area contributed by atoms with E-state index in [1.54, 1.807) is 0 Å². The van der Waals surface area contributed by atoms with Gasteiger partial charge in [0.2, 0.25) is 0 Å². The van der Waals surface area contributed by atoms with Crippen molar-refractivity contribution >= 4 is 23.0 Å². The number of phenols is 1. The lowest BCUT2D eigenvalue weighted by Crippen LogP contribution is -1.99. The molecule has 20 heavy (non-hydrogen) atoms. The first-order valence-electron chi connectivity index (χ1n) is 5.41. The molecule has 0 heterocycles. The fourth-order valence-corrected chi connectivity index (χ4v) is 0.604. The molecular formula is C13H27BrN2O4. The molecule has 1 aromatic carbocycles. The van der Waals surface area contributed by atoms with Crippen LogP contribution in [0.2, 0.25) is 0 Å². The molecule has 0 radical (unpaired) electrons. The predicted molar refractivity (Wildman–Crippen MR) is 88.2 cm³/mol. The highest BCUT2D eigenvalue weighted by Crippen LogP contribution is 2.08. The van der Waals surface area contributed by atoms with Gasteiger partial charge in [-0.25, -0.2) is 4.79 Å². The topological polar surface area (TPSA) is 95.5 Å². The Labute approximate surface area is 131 Å². The summed E-state index contributed by atoms with van der Waals surface area (Å²) in [6.45, 7) is 0. The van der Waals surface area contributed by atoms with Crippen molar-refractivity contribution in [1.82, 2.24) is 9.80 Å². The Morgan fingerprint density at radius 1 is 0.900 bits per heavy atom. The van der Waals surface area contributed by atoms with Crippen LogP contribution in [0, 0.1) is 0 Å². The number of halogens is 1. The van der Waals surface area contributed by atoms with E-state index in [2.05, 4.69) is 0 Å². The molecule has 0 aliphatic heterocycles. The second-order valence-electron chi connectivity index (χ2n) is 4.54. The molecule has 0 spiro atoms. The van der Waals surface area contributed by atoms with E-state index < -0.39 is 5.97 Å². The van der Waals surface area contributed by atoms with Crippen LogP contribution in [0.15, 0.2) is 24.3 Å². The third kappa shape index (κ3) is 25.6. The van der Waals surface area contributed by atoms with Gasteiger partial charge in [0.1, 0.15) is 5.75 Å². The number of phenolic OH excluding ortho intramolecular Hbond substituents is 1. The number of aromatic carboxylic acids is 1. The van der Waals surface area contributed by atoms with Gasteiger partial charge < -0.3 is 25.5 Å². The van der Waals surface area contributed by atoms with Crippen molar-refractivity contribution in [1.29, 1.82) is 0 Å². The number of benzene rings is 1. The number of carbonyl (C=O) groups is 1. The maximum Gasteiger partial charge on any atom is 0.335 e. The first-order valence-corrected chi connectivity index (χ1v) is 5.41. The Balaban J connectivity index is -0.000000110. The molecule has 1 aromatic rings. The maximum atomic E-state index is 10.2. The number of carboxylic acids is 1. The third-order valence-electron chi connectivity index (χ3n) is 1.11. The second kappa shape index (κ2) is 15.9. The summed E-state index contributed by atoms with van der Waals surface area (Å²) in [7, 11) is 12.0. The molecule has 0 unspecified atom stereocenters. The minimum atomic E-state index is -0.986. The van der Waals surface area contributed by atoms with Crippen LogP contribution < -0.4 is 0 Å². The molecule has 0 fully saturated rings. The molecular weight excluding hydrogens is 328 g/mol. The average Bonchev–Trinajstić information content (AvgIpc) is 2.16. The monoisotopic (exact) mass is 354 g/mol. The summed E-state index contributed by atoms with van der Waals surface area (Å²) >= 11 is 0. The fraction of sp³-hybridized carbons (Fsp3) is 0.462. The molecule has 4 N–H and O–H groups in total. The number of hydrogen-bond donors (Lipinski definition) is 2. The van der Waals surface area contributed by atoms with Crippen LogP contribution in [0.3, 0.4) is 0 Å². The molecule has 0 aliphatic carbocycles. The maximum absolute atomic E-state index is 10.2. The fourth-order valence-electron chi connectivity index (χ4n) is 0.604. The van der Waals surface area contributed by atoms with Gasteiger partial charge in [-0.1, -0.05) is 0 Å². The lowest BCUT2D eigenvalue weighted by atomic mass is 10.2. The van der Waals surface area contributed by atoms with Gasteiger partial charge in [0.25, 0.3) is 0 Å². The van der Waals surface area contributed by atoms with Crippen molar-refractivity contribution in [3.63, 3.8) is 0 Å². The molecule has 0 saturated carbocycles. The van der Waals surface area contributed by atoms with E-state index in [1.165, 1.54) is 24.3 Å².